The number of hydrogen-bond donors (Lipinski definition) is 1. The minimum absolute atomic E-state index is 0.00929. The molecule has 1 heterocycles. The number of non-ortho nitro benzene ring substituents is 2. The van der Waals surface area contributed by atoms with E-state index in [9.17, 15) is 25.0 Å². The van der Waals surface area contributed by atoms with E-state index >= 15 is 0 Å². The molecule has 12 nitrogen and oxygen atoms in total. The molecule has 194 valence electrons. The second kappa shape index (κ2) is 11.5. The highest BCUT2D eigenvalue weighted by Gasteiger charge is 2.16. The quantitative estimate of drug-likeness (QED) is 0.140. The van der Waals surface area contributed by atoms with Gasteiger partial charge < -0.3 is 13.9 Å². The van der Waals surface area contributed by atoms with Gasteiger partial charge in [-0.05, 0) is 70.4 Å². The maximum absolute atomic E-state index is 12.4. The van der Waals surface area contributed by atoms with Gasteiger partial charge in [-0.3, -0.25) is 25.0 Å². The predicted octanol–water partition coefficient (Wildman–Crippen LogP) is 5.75. The van der Waals surface area contributed by atoms with E-state index in [0.29, 0.717) is 39.1 Å². The van der Waals surface area contributed by atoms with Gasteiger partial charge in [-0.25, -0.2) is 5.43 Å². The van der Waals surface area contributed by atoms with Gasteiger partial charge in [0.05, 0.1) is 27.1 Å². The molecule has 38 heavy (non-hydrogen) atoms. The molecule has 0 bridgehead atoms. The summed E-state index contributed by atoms with van der Waals surface area (Å²) in [6, 6.07) is 14.8. The number of furan rings is 1. The van der Waals surface area contributed by atoms with Crippen LogP contribution in [0.1, 0.15) is 28.6 Å². The average molecular weight is 583 g/mol. The smallest absolute Gasteiger partial charge is 0.307 e. The number of rotatable bonds is 10. The van der Waals surface area contributed by atoms with E-state index in [1.54, 1.807) is 24.3 Å². The first-order valence-corrected chi connectivity index (χ1v) is 11.9. The van der Waals surface area contributed by atoms with Crippen LogP contribution in [0, 0.1) is 20.2 Å². The fourth-order valence-electron chi connectivity index (χ4n) is 3.41. The number of hydrogen-bond acceptors (Lipinski definition) is 9. The van der Waals surface area contributed by atoms with Gasteiger partial charge in [0.15, 0.2) is 17.3 Å². The summed E-state index contributed by atoms with van der Waals surface area (Å²) in [5.74, 6) is 0.175. The highest BCUT2D eigenvalue weighted by Crippen LogP contribution is 2.37. The summed E-state index contributed by atoms with van der Waals surface area (Å²) in [5.41, 5.74) is 3.89. The summed E-state index contributed by atoms with van der Waals surface area (Å²) >= 11 is 3.46. The number of ether oxygens (including phenoxy) is 2. The van der Waals surface area contributed by atoms with Crippen molar-refractivity contribution in [3.8, 4) is 11.5 Å². The van der Waals surface area contributed by atoms with Crippen molar-refractivity contribution in [1.29, 1.82) is 0 Å². The van der Waals surface area contributed by atoms with Crippen molar-refractivity contribution >= 4 is 50.4 Å². The molecular weight excluding hydrogens is 564 g/mol. The van der Waals surface area contributed by atoms with Gasteiger partial charge in [-0.1, -0.05) is 0 Å². The van der Waals surface area contributed by atoms with Gasteiger partial charge in [-0.15, -0.1) is 0 Å². The molecule has 0 spiro atoms. The van der Waals surface area contributed by atoms with E-state index in [-0.39, 0.29) is 23.7 Å². The number of nitro groups is 2. The molecule has 13 heteroatoms. The van der Waals surface area contributed by atoms with Crippen molar-refractivity contribution in [3.63, 3.8) is 0 Å². The number of benzene rings is 3. The van der Waals surface area contributed by atoms with Gasteiger partial charge in [0.2, 0.25) is 0 Å². The van der Waals surface area contributed by atoms with E-state index in [2.05, 4.69) is 26.5 Å². The first-order valence-electron chi connectivity index (χ1n) is 11.1. The number of carbonyl (C=O) groups excluding carboxylic acids is 1. The van der Waals surface area contributed by atoms with Crippen LogP contribution in [0.4, 0.5) is 11.4 Å². The average Bonchev–Trinajstić information content (AvgIpc) is 3.32. The maximum atomic E-state index is 12.4. The Kier molecular flexibility index (Phi) is 7.97. The number of halogens is 1. The van der Waals surface area contributed by atoms with Crippen molar-refractivity contribution in [2.24, 2.45) is 5.10 Å². The topological polar surface area (TPSA) is 159 Å². The zero-order chi connectivity index (χ0) is 27.2. The highest BCUT2D eigenvalue weighted by molar-refractivity contribution is 9.10. The molecule has 0 aliphatic heterocycles. The van der Waals surface area contributed by atoms with E-state index < -0.39 is 15.8 Å². The molecule has 0 aliphatic rings. The van der Waals surface area contributed by atoms with Crippen LogP contribution in [0.3, 0.4) is 0 Å². The lowest BCUT2D eigenvalue weighted by atomic mass is 10.2. The highest BCUT2D eigenvalue weighted by atomic mass is 79.9. The van der Waals surface area contributed by atoms with E-state index in [1.807, 2.05) is 6.92 Å². The third-order valence-corrected chi connectivity index (χ3v) is 5.77. The number of hydrazone groups is 1. The molecule has 0 aliphatic carbocycles. The van der Waals surface area contributed by atoms with Crippen LogP contribution in [0.2, 0.25) is 0 Å². The molecule has 0 fully saturated rings. The summed E-state index contributed by atoms with van der Waals surface area (Å²) in [5, 5.41) is 26.1. The SMILES string of the molecule is CCOc1cc(/C=N\NC(=O)c2cc3cc([N+](=O)[O-])ccc3o2)cc(Br)c1OCc1ccc([N+](=O)[O-])cc1. The molecule has 0 saturated heterocycles. The van der Waals surface area contributed by atoms with Gasteiger partial charge in [0.1, 0.15) is 12.2 Å². The molecule has 3 aromatic carbocycles. The monoisotopic (exact) mass is 582 g/mol. The fraction of sp³-hybridized carbons (Fsp3) is 0.120. The van der Waals surface area contributed by atoms with Crippen molar-refractivity contribution in [2.75, 3.05) is 6.61 Å². The molecule has 0 saturated carbocycles. The standard InChI is InChI=1S/C25H19BrN4O8/c1-2-36-22-10-16(9-20(26)24(22)37-14-15-3-5-18(6-4-15)29(32)33)13-27-28-25(31)23-12-17-11-19(30(34)35)7-8-21(17)38-23/h3-13H,2,14H2,1H3,(H,28,31)/b27-13-. The van der Waals surface area contributed by atoms with Crippen LogP contribution in [0.5, 0.6) is 11.5 Å². The molecule has 0 unspecified atom stereocenters. The Bertz CT molecular complexity index is 1550. The van der Waals surface area contributed by atoms with Gasteiger partial charge in [0.25, 0.3) is 11.4 Å². The molecule has 1 amide bonds. The van der Waals surface area contributed by atoms with Crippen LogP contribution < -0.4 is 14.9 Å². The molecular formula is C25H19BrN4O8. The molecule has 0 radical (unpaired) electrons. The predicted molar refractivity (Wildman–Crippen MR) is 141 cm³/mol. The zero-order valence-electron chi connectivity index (χ0n) is 19.8. The van der Waals surface area contributed by atoms with Crippen molar-refractivity contribution in [2.45, 2.75) is 13.5 Å². The number of carbonyl (C=O) groups is 1. The summed E-state index contributed by atoms with van der Waals surface area (Å²) in [6.45, 7) is 2.33. The fourth-order valence-corrected chi connectivity index (χ4v) is 3.99. The van der Waals surface area contributed by atoms with Crippen molar-refractivity contribution in [1.82, 2.24) is 5.43 Å². The van der Waals surface area contributed by atoms with Gasteiger partial charge in [-0.2, -0.15) is 5.10 Å². The molecule has 0 atom stereocenters. The van der Waals surface area contributed by atoms with Crippen LogP contribution >= 0.6 is 15.9 Å². The Balaban J connectivity index is 1.45. The first kappa shape index (κ1) is 26.3. The third kappa shape index (κ3) is 6.13. The normalized spacial score (nSPS) is 11.0. The van der Waals surface area contributed by atoms with Gasteiger partial charge >= 0.3 is 5.91 Å². The molecule has 1 aromatic heterocycles. The number of fused-ring (bicyclic) bond motifs is 1. The second-order valence-electron chi connectivity index (χ2n) is 7.76. The maximum Gasteiger partial charge on any atom is 0.307 e. The zero-order valence-corrected chi connectivity index (χ0v) is 21.3. The Labute approximate surface area is 223 Å². The number of amides is 1. The number of nitrogens with zero attached hydrogens (tertiary/aromatic N) is 3. The van der Waals surface area contributed by atoms with Gasteiger partial charge in [0, 0.05) is 29.7 Å². The summed E-state index contributed by atoms with van der Waals surface area (Å²) < 4.78 is 17.6. The second-order valence-corrected chi connectivity index (χ2v) is 8.62. The largest absolute Gasteiger partial charge is 0.490 e. The number of nitro benzene ring substituents is 2. The Morgan fingerprint density at radius 1 is 1.03 bits per heavy atom. The summed E-state index contributed by atoms with van der Waals surface area (Å²) in [6.07, 6.45) is 1.40. The minimum atomic E-state index is -0.632. The van der Waals surface area contributed by atoms with Crippen molar-refractivity contribution in [3.05, 3.63) is 102 Å². The molecule has 4 aromatic rings. The Hall–Kier alpha value is -4.78. The Morgan fingerprint density at radius 2 is 1.74 bits per heavy atom. The lowest BCUT2D eigenvalue weighted by molar-refractivity contribution is -0.385. The van der Waals surface area contributed by atoms with Crippen LogP contribution in [-0.4, -0.2) is 28.6 Å². The van der Waals surface area contributed by atoms with E-state index in [0.717, 1.165) is 5.56 Å². The summed E-state index contributed by atoms with van der Waals surface area (Å²) in [4.78, 5) is 33.2. The first-order chi connectivity index (χ1) is 18.2. The van der Waals surface area contributed by atoms with Crippen LogP contribution in [0.15, 0.2) is 74.7 Å². The summed E-state index contributed by atoms with van der Waals surface area (Å²) in [7, 11) is 0. The minimum Gasteiger partial charge on any atom is -0.490 e. The number of nitrogens with one attached hydrogen (secondary N) is 1. The van der Waals surface area contributed by atoms with E-state index in [1.165, 1.54) is 42.6 Å². The van der Waals surface area contributed by atoms with Crippen LogP contribution in [-0.2, 0) is 6.61 Å². The van der Waals surface area contributed by atoms with Crippen molar-refractivity contribution < 1.29 is 28.5 Å². The molecule has 4 rings (SSSR count). The lowest BCUT2D eigenvalue weighted by Crippen LogP contribution is -2.16. The third-order valence-electron chi connectivity index (χ3n) is 5.18. The lowest BCUT2D eigenvalue weighted by Gasteiger charge is -2.14. The Morgan fingerprint density at radius 3 is 2.42 bits per heavy atom. The molecule has 1 N–H and O–H groups in total. The van der Waals surface area contributed by atoms with E-state index in [4.69, 9.17) is 13.9 Å². The van der Waals surface area contributed by atoms with Crippen LogP contribution in [0.25, 0.3) is 11.0 Å².